The van der Waals surface area contributed by atoms with Crippen molar-refractivity contribution in [2.75, 3.05) is 7.11 Å². The van der Waals surface area contributed by atoms with Gasteiger partial charge in [0.25, 0.3) is 0 Å². The van der Waals surface area contributed by atoms with Crippen LogP contribution in [0.2, 0.25) is 0 Å². The molecule has 2 unspecified atom stereocenters. The summed E-state index contributed by atoms with van der Waals surface area (Å²) in [5.41, 5.74) is 1.26. The average molecular weight is 247 g/mol. The molecular formula is C16H25NO. The topological polar surface area (TPSA) is 21.3 Å². The first-order valence-corrected chi connectivity index (χ1v) is 7.11. The second kappa shape index (κ2) is 6.24. The van der Waals surface area contributed by atoms with Crippen molar-refractivity contribution >= 4 is 0 Å². The van der Waals surface area contributed by atoms with Gasteiger partial charge in [-0.2, -0.15) is 0 Å². The molecule has 0 amide bonds. The molecule has 2 heteroatoms. The highest BCUT2D eigenvalue weighted by atomic mass is 16.5. The second-order valence-corrected chi connectivity index (χ2v) is 5.50. The fourth-order valence-corrected chi connectivity index (χ4v) is 3.00. The molecule has 0 radical (unpaired) electrons. The molecule has 1 aromatic rings. The molecule has 18 heavy (non-hydrogen) atoms. The van der Waals surface area contributed by atoms with Gasteiger partial charge in [0.05, 0.1) is 7.11 Å². The predicted molar refractivity (Wildman–Crippen MR) is 76.0 cm³/mol. The minimum atomic E-state index is 0.353. The van der Waals surface area contributed by atoms with E-state index in [0.29, 0.717) is 12.1 Å². The highest BCUT2D eigenvalue weighted by Gasteiger charge is 2.23. The van der Waals surface area contributed by atoms with Crippen LogP contribution < -0.4 is 10.1 Å². The molecular weight excluding hydrogens is 222 g/mol. The molecule has 0 saturated heterocycles. The van der Waals surface area contributed by atoms with E-state index in [1.54, 1.807) is 7.11 Å². The number of methoxy groups -OCH3 is 1. The third-order valence-corrected chi connectivity index (χ3v) is 4.18. The second-order valence-electron chi connectivity index (χ2n) is 5.50. The SMILES string of the molecule is COc1ccccc1[C@@H](C)NC1CCCCC1C. The van der Waals surface area contributed by atoms with Crippen LogP contribution in [0.4, 0.5) is 0 Å². The van der Waals surface area contributed by atoms with Crippen LogP contribution in [0, 0.1) is 5.92 Å². The third kappa shape index (κ3) is 3.05. The van der Waals surface area contributed by atoms with E-state index >= 15 is 0 Å². The Hall–Kier alpha value is -1.02. The van der Waals surface area contributed by atoms with E-state index in [0.717, 1.165) is 11.7 Å². The van der Waals surface area contributed by atoms with E-state index in [4.69, 9.17) is 4.74 Å². The Morgan fingerprint density at radius 3 is 2.67 bits per heavy atom. The summed E-state index contributed by atoms with van der Waals surface area (Å²) >= 11 is 0. The van der Waals surface area contributed by atoms with Gasteiger partial charge in [-0.05, 0) is 31.7 Å². The zero-order valence-electron chi connectivity index (χ0n) is 11.8. The van der Waals surface area contributed by atoms with Crippen LogP contribution in [0.25, 0.3) is 0 Å². The lowest BCUT2D eigenvalue weighted by Crippen LogP contribution is -2.38. The normalized spacial score (nSPS) is 25.7. The molecule has 0 spiro atoms. The number of hydrogen-bond acceptors (Lipinski definition) is 2. The Labute approximate surface area is 111 Å². The Bertz CT molecular complexity index is 377. The molecule has 1 aliphatic carbocycles. The summed E-state index contributed by atoms with van der Waals surface area (Å²) in [5.74, 6) is 1.77. The summed E-state index contributed by atoms with van der Waals surface area (Å²) in [5, 5.41) is 3.78. The maximum atomic E-state index is 5.44. The van der Waals surface area contributed by atoms with Crippen LogP contribution in [0.3, 0.4) is 0 Å². The van der Waals surface area contributed by atoms with E-state index in [-0.39, 0.29) is 0 Å². The van der Waals surface area contributed by atoms with Gasteiger partial charge in [-0.15, -0.1) is 0 Å². The van der Waals surface area contributed by atoms with Crippen molar-refractivity contribution in [3.63, 3.8) is 0 Å². The monoisotopic (exact) mass is 247 g/mol. The van der Waals surface area contributed by atoms with E-state index in [9.17, 15) is 0 Å². The summed E-state index contributed by atoms with van der Waals surface area (Å²) in [7, 11) is 1.74. The zero-order valence-corrected chi connectivity index (χ0v) is 11.8. The summed E-state index contributed by atoms with van der Waals surface area (Å²) in [4.78, 5) is 0. The van der Waals surface area contributed by atoms with Crippen LogP contribution in [0.15, 0.2) is 24.3 Å². The summed E-state index contributed by atoms with van der Waals surface area (Å²) in [6.45, 7) is 4.60. The van der Waals surface area contributed by atoms with Crippen molar-refractivity contribution in [2.24, 2.45) is 5.92 Å². The third-order valence-electron chi connectivity index (χ3n) is 4.18. The number of benzene rings is 1. The number of rotatable bonds is 4. The predicted octanol–water partition coefficient (Wildman–Crippen LogP) is 3.92. The summed E-state index contributed by atoms with van der Waals surface area (Å²) in [6.07, 6.45) is 5.42. The molecule has 2 nitrogen and oxygen atoms in total. The number of nitrogens with one attached hydrogen (secondary N) is 1. The minimum absolute atomic E-state index is 0.353. The van der Waals surface area contributed by atoms with Crippen LogP contribution in [-0.2, 0) is 0 Å². The lowest BCUT2D eigenvalue weighted by Gasteiger charge is -2.32. The maximum Gasteiger partial charge on any atom is 0.123 e. The van der Waals surface area contributed by atoms with Gasteiger partial charge in [-0.1, -0.05) is 38.0 Å². The van der Waals surface area contributed by atoms with Gasteiger partial charge in [0, 0.05) is 17.6 Å². The van der Waals surface area contributed by atoms with E-state index < -0.39 is 0 Å². The van der Waals surface area contributed by atoms with Gasteiger partial charge in [-0.25, -0.2) is 0 Å². The Morgan fingerprint density at radius 2 is 1.94 bits per heavy atom. The van der Waals surface area contributed by atoms with Crippen LogP contribution in [-0.4, -0.2) is 13.2 Å². The molecule has 1 saturated carbocycles. The lowest BCUT2D eigenvalue weighted by atomic mass is 9.85. The van der Waals surface area contributed by atoms with Gasteiger partial charge >= 0.3 is 0 Å². The van der Waals surface area contributed by atoms with Crippen LogP contribution in [0.5, 0.6) is 5.75 Å². The van der Waals surface area contributed by atoms with Crippen molar-refractivity contribution in [3.8, 4) is 5.75 Å². The molecule has 0 heterocycles. The molecule has 1 aromatic carbocycles. The van der Waals surface area contributed by atoms with Gasteiger partial charge in [0.15, 0.2) is 0 Å². The Balaban J connectivity index is 2.04. The Morgan fingerprint density at radius 1 is 1.22 bits per heavy atom. The Kier molecular flexibility index (Phi) is 4.65. The van der Waals surface area contributed by atoms with Crippen molar-refractivity contribution in [1.29, 1.82) is 0 Å². The number of para-hydroxylation sites is 1. The first kappa shape index (κ1) is 13.4. The van der Waals surface area contributed by atoms with Gasteiger partial charge in [0.1, 0.15) is 5.75 Å². The maximum absolute atomic E-state index is 5.44. The molecule has 1 aliphatic rings. The first-order valence-electron chi connectivity index (χ1n) is 7.11. The largest absolute Gasteiger partial charge is 0.496 e. The lowest BCUT2D eigenvalue weighted by molar-refractivity contribution is 0.261. The highest BCUT2D eigenvalue weighted by Crippen LogP contribution is 2.29. The average Bonchev–Trinajstić information content (AvgIpc) is 2.41. The van der Waals surface area contributed by atoms with Gasteiger partial charge < -0.3 is 10.1 Å². The van der Waals surface area contributed by atoms with Crippen molar-refractivity contribution in [1.82, 2.24) is 5.32 Å². The molecule has 1 N–H and O–H groups in total. The number of ether oxygens (including phenoxy) is 1. The van der Waals surface area contributed by atoms with E-state index in [1.807, 2.05) is 12.1 Å². The zero-order chi connectivity index (χ0) is 13.0. The van der Waals surface area contributed by atoms with Crippen LogP contribution in [0.1, 0.15) is 51.1 Å². The molecule has 0 aliphatic heterocycles. The number of hydrogen-bond donors (Lipinski definition) is 1. The fraction of sp³-hybridized carbons (Fsp3) is 0.625. The molecule has 3 atom stereocenters. The van der Waals surface area contributed by atoms with Gasteiger partial charge in [0.2, 0.25) is 0 Å². The van der Waals surface area contributed by atoms with Crippen molar-refractivity contribution < 1.29 is 4.74 Å². The molecule has 0 aromatic heterocycles. The highest BCUT2D eigenvalue weighted by molar-refractivity contribution is 5.35. The minimum Gasteiger partial charge on any atom is -0.496 e. The van der Waals surface area contributed by atoms with Crippen molar-refractivity contribution in [2.45, 2.75) is 51.6 Å². The first-order chi connectivity index (χ1) is 8.72. The van der Waals surface area contributed by atoms with E-state index in [1.165, 1.54) is 31.2 Å². The summed E-state index contributed by atoms with van der Waals surface area (Å²) in [6, 6.07) is 9.31. The van der Waals surface area contributed by atoms with Crippen molar-refractivity contribution in [3.05, 3.63) is 29.8 Å². The quantitative estimate of drug-likeness (QED) is 0.870. The van der Waals surface area contributed by atoms with Gasteiger partial charge in [-0.3, -0.25) is 0 Å². The summed E-state index contributed by atoms with van der Waals surface area (Å²) < 4.78 is 5.44. The smallest absolute Gasteiger partial charge is 0.123 e. The van der Waals surface area contributed by atoms with E-state index in [2.05, 4.69) is 31.3 Å². The fourth-order valence-electron chi connectivity index (χ4n) is 3.00. The van der Waals surface area contributed by atoms with Crippen LogP contribution >= 0.6 is 0 Å². The molecule has 1 fully saturated rings. The molecule has 0 bridgehead atoms. The molecule has 2 rings (SSSR count). The standard InChI is InChI=1S/C16H25NO/c1-12-8-4-6-10-15(12)17-13(2)14-9-5-7-11-16(14)18-3/h5,7,9,11-13,15,17H,4,6,8,10H2,1-3H3/t12?,13-,15?/m1/s1. The molecule has 100 valence electrons.